The van der Waals surface area contributed by atoms with Crippen LogP contribution < -0.4 is 10.2 Å². The Balaban J connectivity index is 1.77. The highest BCUT2D eigenvalue weighted by Crippen LogP contribution is 2.32. The van der Waals surface area contributed by atoms with Crippen LogP contribution in [0.25, 0.3) is 0 Å². The van der Waals surface area contributed by atoms with E-state index >= 15 is 0 Å². The number of fused-ring (bicyclic) bond motifs is 1. The van der Waals surface area contributed by atoms with E-state index in [0.717, 1.165) is 17.8 Å². The highest BCUT2D eigenvalue weighted by atomic mass is 19.1. The van der Waals surface area contributed by atoms with Crippen molar-refractivity contribution < 1.29 is 9.18 Å². The van der Waals surface area contributed by atoms with Crippen molar-refractivity contribution in [3.8, 4) is 0 Å². The molecule has 1 heterocycles. The fourth-order valence-electron chi connectivity index (χ4n) is 2.97. The van der Waals surface area contributed by atoms with E-state index in [1.165, 1.54) is 17.7 Å². The van der Waals surface area contributed by atoms with Gasteiger partial charge in [-0.25, -0.2) is 4.39 Å². The van der Waals surface area contributed by atoms with Gasteiger partial charge in [-0.05, 0) is 56.2 Å². The first-order valence-electron chi connectivity index (χ1n) is 7.49. The summed E-state index contributed by atoms with van der Waals surface area (Å²) in [4.78, 5) is 14.6. The summed E-state index contributed by atoms with van der Waals surface area (Å²) in [6, 6.07) is 13.8. The van der Waals surface area contributed by atoms with Gasteiger partial charge in [0.2, 0.25) is 5.91 Å². The van der Waals surface area contributed by atoms with Gasteiger partial charge < -0.3 is 10.2 Å². The predicted molar refractivity (Wildman–Crippen MR) is 86.6 cm³/mol. The first-order chi connectivity index (χ1) is 10.6. The van der Waals surface area contributed by atoms with Crippen LogP contribution in [0.15, 0.2) is 48.5 Å². The van der Waals surface area contributed by atoms with Crippen LogP contribution in [0.4, 0.5) is 15.8 Å². The van der Waals surface area contributed by atoms with Crippen LogP contribution in [0.3, 0.4) is 0 Å². The molecule has 1 amide bonds. The number of nitrogens with zero attached hydrogens (tertiary/aromatic N) is 1. The third kappa shape index (κ3) is 2.69. The minimum absolute atomic E-state index is 0.0294. The summed E-state index contributed by atoms with van der Waals surface area (Å²) < 4.78 is 12.9. The molecule has 0 aromatic heterocycles. The minimum Gasteiger partial charge on any atom is -0.374 e. The van der Waals surface area contributed by atoms with E-state index in [0.29, 0.717) is 0 Å². The first kappa shape index (κ1) is 14.6. The Hall–Kier alpha value is -2.36. The summed E-state index contributed by atoms with van der Waals surface area (Å²) in [6.07, 6.45) is 0.880. The van der Waals surface area contributed by atoms with Crippen molar-refractivity contribution in [3.63, 3.8) is 0 Å². The second-order valence-corrected chi connectivity index (χ2v) is 5.76. The van der Waals surface area contributed by atoms with Crippen LogP contribution in [-0.4, -0.2) is 18.0 Å². The first-order valence-corrected chi connectivity index (χ1v) is 7.49. The second-order valence-electron chi connectivity index (χ2n) is 5.76. The predicted octanol–water partition coefficient (Wildman–Crippen LogP) is 3.60. The molecule has 2 atom stereocenters. The third-order valence-corrected chi connectivity index (χ3v) is 4.04. The van der Waals surface area contributed by atoms with Crippen LogP contribution in [0, 0.1) is 5.82 Å². The van der Waals surface area contributed by atoms with E-state index in [1.54, 1.807) is 12.1 Å². The van der Waals surface area contributed by atoms with Crippen molar-refractivity contribution in [2.75, 3.05) is 10.2 Å². The van der Waals surface area contributed by atoms with Gasteiger partial charge in [-0.2, -0.15) is 0 Å². The Kier molecular flexibility index (Phi) is 3.84. The number of benzene rings is 2. The lowest BCUT2D eigenvalue weighted by Gasteiger charge is -2.27. The van der Waals surface area contributed by atoms with Crippen molar-refractivity contribution >= 4 is 17.3 Å². The topological polar surface area (TPSA) is 32.3 Å². The molecular formula is C18H19FN2O. The molecule has 114 valence electrons. The molecule has 2 aromatic rings. The number of para-hydroxylation sites is 1. The normalized spacial score (nSPS) is 18.0. The van der Waals surface area contributed by atoms with Crippen molar-refractivity contribution in [2.45, 2.75) is 32.4 Å². The Morgan fingerprint density at radius 1 is 1.23 bits per heavy atom. The molecule has 1 N–H and O–H groups in total. The molecule has 0 radical (unpaired) electrons. The summed E-state index contributed by atoms with van der Waals surface area (Å²) in [5.41, 5.74) is 2.94. The number of carbonyl (C=O) groups excluding carboxylic acids is 1. The molecule has 1 aliphatic rings. The average Bonchev–Trinajstić information content (AvgIpc) is 2.84. The molecule has 0 bridgehead atoms. The number of rotatable bonds is 3. The molecule has 4 heteroatoms. The Bertz CT molecular complexity index is 684. The van der Waals surface area contributed by atoms with Crippen molar-refractivity contribution in [2.24, 2.45) is 0 Å². The van der Waals surface area contributed by atoms with Gasteiger partial charge in [-0.3, -0.25) is 4.79 Å². The van der Waals surface area contributed by atoms with Gasteiger partial charge in [0.1, 0.15) is 11.9 Å². The summed E-state index contributed by atoms with van der Waals surface area (Å²) in [7, 11) is 0. The molecule has 3 rings (SSSR count). The number of carbonyl (C=O) groups is 1. The fourth-order valence-corrected chi connectivity index (χ4v) is 2.97. The Morgan fingerprint density at radius 3 is 2.64 bits per heavy atom. The van der Waals surface area contributed by atoms with Gasteiger partial charge in [-0.15, -0.1) is 0 Å². The summed E-state index contributed by atoms with van der Waals surface area (Å²) in [5, 5.41) is 3.14. The van der Waals surface area contributed by atoms with Crippen molar-refractivity contribution in [3.05, 3.63) is 59.9 Å². The smallest absolute Gasteiger partial charge is 0.249 e. The molecule has 0 saturated carbocycles. The quantitative estimate of drug-likeness (QED) is 0.939. The van der Waals surface area contributed by atoms with Gasteiger partial charge in [-0.1, -0.05) is 18.2 Å². The molecule has 0 fully saturated rings. The molecule has 0 aliphatic carbocycles. The van der Waals surface area contributed by atoms with E-state index in [-0.39, 0.29) is 23.8 Å². The minimum atomic E-state index is -0.376. The van der Waals surface area contributed by atoms with E-state index in [4.69, 9.17) is 0 Å². The molecule has 2 aromatic carbocycles. The molecular weight excluding hydrogens is 279 g/mol. The van der Waals surface area contributed by atoms with E-state index in [1.807, 2.05) is 30.0 Å². The lowest BCUT2D eigenvalue weighted by Crippen LogP contribution is -2.44. The molecule has 0 spiro atoms. The van der Waals surface area contributed by atoms with Gasteiger partial charge in [0, 0.05) is 17.4 Å². The van der Waals surface area contributed by atoms with E-state index in [2.05, 4.69) is 18.3 Å². The largest absolute Gasteiger partial charge is 0.374 e. The standard InChI is InChI=1S/C18H19FN2O/c1-12-11-14-5-3-4-6-17(14)21(12)18(22)13(2)20-16-9-7-15(19)8-10-16/h3-10,12-13,20H,11H2,1-2H3/t12-,13-/m1/s1. The number of nitrogens with one attached hydrogen (secondary N) is 1. The Labute approximate surface area is 129 Å². The molecule has 0 saturated heterocycles. The molecule has 3 nitrogen and oxygen atoms in total. The molecule has 0 unspecified atom stereocenters. The average molecular weight is 298 g/mol. The monoisotopic (exact) mass is 298 g/mol. The van der Waals surface area contributed by atoms with Crippen LogP contribution in [-0.2, 0) is 11.2 Å². The molecule has 22 heavy (non-hydrogen) atoms. The van der Waals surface area contributed by atoms with Gasteiger partial charge in [0.05, 0.1) is 0 Å². The van der Waals surface area contributed by atoms with E-state index < -0.39 is 0 Å². The zero-order chi connectivity index (χ0) is 15.7. The maximum Gasteiger partial charge on any atom is 0.249 e. The number of amides is 1. The second kappa shape index (κ2) is 5.79. The highest BCUT2D eigenvalue weighted by molar-refractivity contribution is 6.00. The zero-order valence-corrected chi connectivity index (χ0v) is 12.7. The van der Waals surface area contributed by atoms with Gasteiger partial charge in [0.15, 0.2) is 0 Å². The SMILES string of the molecule is C[C@@H]1Cc2ccccc2N1C(=O)[C@@H](C)Nc1ccc(F)cc1. The number of hydrogen-bond donors (Lipinski definition) is 1. The maximum atomic E-state index is 12.9. The van der Waals surface area contributed by atoms with Gasteiger partial charge in [0.25, 0.3) is 0 Å². The Morgan fingerprint density at radius 2 is 1.91 bits per heavy atom. The summed E-state index contributed by atoms with van der Waals surface area (Å²) >= 11 is 0. The third-order valence-electron chi connectivity index (χ3n) is 4.04. The van der Waals surface area contributed by atoms with Crippen molar-refractivity contribution in [1.29, 1.82) is 0 Å². The zero-order valence-electron chi connectivity index (χ0n) is 12.7. The van der Waals surface area contributed by atoms with Crippen LogP contribution in [0.5, 0.6) is 0 Å². The number of hydrogen-bond acceptors (Lipinski definition) is 2. The maximum absolute atomic E-state index is 12.9. The lowest BCUT2D eigenvalue weighted by atomic mass is 10.1. The summed E-state index contributed by atoms with van der Waals surface area (Å²) in [5.74, 6) is -0.256. The summed E-state index contributed by atoms with van der Waals surface area (Å²) in [6.45, 7) is 3.89. The highest BCUT2D eigenvalue weighted by Gasteiger charge is 2.32. The van der Waals surface area contributed by atoms with E-state index in [9.17, 15) is 9.18 Å². The number of halogens is 1. The van der Waals surface area contributed by atoms with Crippen LogP contribution in [0.2, 0.25) is 0 Å². The number of anilines is 2. The van der Waals surface area contributed by atoms with Crippen molar-refractivity contribution in [1.82, 2.24) is 0 Å². The fraction of sp³-hybridized carbons (Fsp3) is 0.278. The van der Waals surface area contributed by atoms with Gasteiger partial charge >= 0.3 is 0 Å². The van der Waals surface area contributed by atoms with Crippen LogP contribution in [0.1, 0.15) is 19.4 Å². The molecule has 1 aliphatic heterocycles. The lowest BCUT2D eigenvalue weighted by molar-refractivity contribution is -0.119. The van der Waals surface area contributed by atoms with Crippen LogP contribution >= 0.6 is 0 Å².